The molecule has 1 heterocycles. The Morgan fingerprint density at radius 3 is 2.89 bits per heavy atom. The van der Waals surface area contributed by atoms with Crippen LogP contribution in [0.4, 0.5) is 5.69 Å². The number of halogens is 2. The normalized spacial score (nSPS) is 18.9. The zero-order valence-corrected chi connectivity index (χ0v) is 12.6. The van der Waals surface area contributed by atoms with Crippen molar-refractivity contribution in [1.29, 1.82) is 0 Å². The SMILES string of the molecule is [N-]=[N+]=NCC1CC(=O)N(c2ccc(Br)c(Br)c2)C1. The van der Waals surface area contributed by atoms with Gasteiger partial charge in [-0.05, 0) is 61.5 Å². The van der Waals surface area contributed by atoms with E-state index in [4.69, 9.17) is 5.53 Å². The average Bonchev–Trinajstić information content (AvgIpc) is 2.71. The summed E-state index contributed by atoms with van der Waals surface area (Å²) < 4.78 is 1.86. The van der Waals surface area contributed by atoms with Crippen LogP contribution in [0.3, 0.4) is 0 Å². The number of anilines is 1. The Bertz CT molecular complexity index is 528. The first-order valence-electron chi connectivity index (χ1n) is 5.38. The Labute approximate surface area is 121 Å². The van der Waals surface area contributed by atoms with E-state index in [-0.39, 0.29) is 11.8 Å². The molecule has 1 amide bonds. The van der Waals surface area contributed by atoms with Gasteiger partial charge < -0.3 is 4.90 Å². The van der Waals surface area contributed by atoms with E-state index in [2.05, 4.69) is 41.9 Å². The van der Waals surface area contributed by atoms with Crippen molar-refractivity contribution in [1.82, 2.24) is 0 Å². The van der Waals surface area contributed by atoms with Crippen LogP contribution in [0, 0.1) is 5.92 Å². The molecule has 0 aromatic heterocycles. The molecular formula is C11H10Br2N4O. The van der Waals surface area contributed by atoms with Crippen molar-refractivity contribution in [3.8, 4) is 0 Å². The molecule has 1 aliphatic heterocycles. The molecule has 1 aliphatic rings. The molecule has 1 aromatic carbocycles. The zero-order chi connectivity index (χ0) is 13.1. The van der Waals surface area contributed by atoms with Crippen LogP contribution in [0.25, 0.3) is 10.4 Å². The first-order valence-corrected chi connectivity index (χ1v) is 6.96. The molecule has 7 heteroatoms. The predicted molar refractivity (Wildman–Crippen MR) is 76.3 cm³/mol. The highest BCUT2D eigenvalue weighted by atomic mass is 79.9. The number of carbonyl (C=O) groups is 1. The molecule has 0 bridgehead atoms. The van der Waals surface area contributed by atoms with Gasteiger partial charge in [-0.1, -0.05) is 5.11 Å². The number of hydrogen-bond donors (Lipinski definition) is 0. The summed E-state index contributed by atoms with van der Waals surface area (Å²) in [6.45, 7) is 0.975. The maximum absolute atomic E-state index is 11.9. The molecule has 1 saturated heterocycles. The van der Waals surface area contributed by atoms with Crippen molar-refractivity contribution in [2.24, 2.45) is 11.0 Å². The first kappa shape index (κ1) is 13.4. The highest BCUT2D eigenvalue weighted by Gasteiger charge is 2.30. The van der Waals surface area contributed by atoms with E-state index in [9.17, 15) is 4.79 Å². The third kappa shape index (κ3) is 2.85. The van der Waals surface area contributed by atoms with Crippen LogP contribution in [0.15, 0.2) is 32.3 Å². The van der Waals surface area contributed by atoms with Gasteiger partial charge in [0.15, 0.2) is 0 Å². The van der Waals surface area contributed by atoms with Crippen molar-refractivity contribution in [2.45, 2.75) is 6.42 Å². The maximum Gasteiger partial charge on any atom is 0.227 e. The molecule has 1 fully saturated rings. The number of rotatable bonds is 3. The van der Waals surface area contributed by atoms with Crippen LogP contribution in [0.2, 0.25) is 0 Å². The van der Waals surface area contributed by atoms with E-state index in [1.807, 2.05) is 18.2 Å². The van der Waals surface area contributed by atoms with Crippen molar-refractivity contribution in [3.63, 3.8) is 0 Å². The van der Waals surface area contributed by atoms with Gasteiger partial charge in [0.25, 0.3) is 0 Å². The third-order valence-corrected chi connectivity index (χ3v) is 4.70. The van der Waals surface area contributed by atoms with E-state index in [1.54, 1.807) is 4.90 Å². The first-order chi connectivity index (χ1) is 8.61. The fourth-order valence-corrected chi connectivity index (χ4v) is 2.57. The number of carbonyl (C=O) groups excluding carboxylic acids is 1. The molecule has 1 aromatic rings. The number of benzene rings is 1. The lowest BCUT2D eigenvalue weighted by atomic mass is 10.1. The average molecular weight is 374 g/mol. The van der Waals surface area contributed by atoms with Gasteiger partial charge in [0.2, 0.25) is 5.91 Å². The Balaban J connectivity index is 2.16. The molecule has 1 unspecified atom stereocenters. The van der Waals surface area contributed by atoms with Gasteiger partial charge in [0.05, 0.1) is 0 Å². The maximum atomic E-state index is 11.9. The minimum Gasteiger partial charge on any atom is -0.312 e. The lowest BCUT2D eigenvalue weighted by Gasteiger charge is -2.17. The van der Waals surface area contributed by atoms with Crippen LogP contribution in [-0.4, -0.2) is 19.0 Å². The van der Waals surface area contributed by atoms with E-state index in [0.29, 0.717) is 19.5 Å². The molecule has 0 N–H and O–H groups in total. The van der Waals surface area contributed by atoms with Gasteiger partial charge in [-0.2, -0.15) is 0 Å². The fraction of sp³-hybridized carbons (Fsp3) is 0.364. The summed E-state index contributed by atoms with van der Waals surface area (Å²) in [4.78, 5) is 16.4. The standard InChI is InChI=1S/C11H10Br2N4O/c12-9-2-1-8(4-10(9)13)17-6-7(3-11(17)18)5-15-16-14/h1-2,4,7H,3,5-6H2. The van der Waals surface area contributed by atoms with Gasteiger partial charge in [0, 0.05) is 39.1 Å². The summed E-state index contributed by atoms with van der Waals surface area (Å²) in [5, 5.41) is 3.53. The molecule has 0 radical (unpaired) electrons. The Kier molecular flexibility index (Phi) is 4.27. The summed E-state index contributed by atoms with van der Waals surface area (Å²) in [7, 11) is 0. The third-order valence-electron chi connectivity index (χ3n) is 2.82. The number of hydrogen-bond acceptors (Lipinski definition) is 2. The second-order valence-corrected chi connectivity index (χ2v) is 5.80. The van der Waals surface area contributed by atoms with Crippen LogP contribution < -0.4 is 4.90 Å². The molecule has 5 nitrogen and oxygen atoms in total. The van der Waals surface area contributed by atoms with Gasteiger partial charge >= 0.3 is 0 Å². The smallest absolute Gasteiger partial charge is 0.227 e. The number of azide groups is 1. The van der Waals surface area contributed by atoms with Crippen molar-refractivity contribution in [3.05, 3.63) is 37.6 Å². The summed E-state index contributed by atoms with van der Waals surface area (Å²) in [6, 6.07) is 5.69. The van der Waals surface area contributed by atoms with Crippen molar-refractivity contribution in [2.75, 3.05) is 18.0 Å². The molecule has 0 spiro atoms. The van der Waals surface area contributed by atoms with E-state index in [1.165, 1.54) is 0 Å². The van der Waals surface area contributed by atoms with Gasteiger partial charge in [-0.3, -0.25) is 4.79 Å². The quantitative estimate of drug-likeness (QED) is 0.450. The zero-order valence-electron chi connectivity index (χ0n) is 9.38. The number of amides is 1. The minimum atomic E-state index is 0.0716. The second kappa shape index (κ2) is 5.73. The Morgan fingerprint density at radius 1 is 1.44 bits per heavy atom. The molecule has 0 saturated carbocycles. The lowest BCUT2D eigenvalue weighted by Crippen LogP contribution is -2.24. The summed E-state index contributed by atoms with van der Waals surface area (Å²) in [5.41, 5.74) is 9.15. The number of nitrogens with zero attached hydrogens (tertiary/aromatic N) is 4. The minimum absolute atomic E-state index is 0.0716. The Hall–Kier alpha value is -1.04. The summed E-state index contributed by atoms with van der Waals surface area (Å²) >= 11 is 6.81. The molecular weight excluding hydrogens is 364 g/mol. The molecule has 1 atom stereocenters. The van der Waals surface area contributed by atoms with Gasteiger partial charge in [-0.15, -0.1) is 0 Å². The predicted octanol–water partition coefficient (Wildman–Crippen LogP) is 3.87. The monoisotopic (exact) mass is 372 g/mol. The highest BCUT2D eigenvalue weighted by Crippen LogP contribution is 2.31. The van der Waals surface area contributed by atoms with Gasteiger partial charge in [-0.25, -0.2) is 0 Å². The van der Waals surface area contributed by atoms with E-state index >= 15 is 0 Å². The van der Waals surface area contributed by atoms with E-state index in [0.717, 1.165) is 14.6 Å². The van der Waals surface area contributed by atoms with Crippen LogP contribution in [0.5, 0.6) is 0 Å². The topological polar surface area (TPSA) is 69.1 Å². The molecule has 18 heavy (non-hydrogen) atoms. The van der Waals surface area contributed by atoms with E-state index < -0.39 is 0 Å². The lowest BCUT2D eigenvalue weighted by molar-refractivity contribution is -0.117. The highest BCUT2D eigenvalue weighted by molar-refractivity contribution is 9.13. The van der Waals surface area contributed by atoms with Gasteiger partial charge in [0.1, 0.15) is 0 Å². The van der Waals surface area contributed by atoms with Crippen molar-refractivity contribution < 1.29 is 4.79 Å². The van der Waals surface area contributed by atoms with Crippen molar-refractivity contribution >= 4 is 43.5 Å². The van der Waals surface area contributed by atoms with Crippen LogP contribution in [-0.2, 0) is 4.79 Å². The Morgan fingerprint density at radius 2 is 2.22 bits per heavy atom. The van der Waals surface area contributed by atoms with Crippen LogP contribution >= 0.6 is 31.9 Å². The fourth-order valence-electron chi connectivity index (χ4n) is 1.96. The molecule has 94 valence electrons. The molecule has 0 aliphatic carbocycles. The summed E-state index contributed by atoms with van der Waals surface area (Å²) in [6.07, 6.45) is 0.437. The molecule has 2 rings (SSSR count). The second-order valence-electron chi connectivity index (χ2n) is 4.09. The largest absolute Gasteiger partial charge is 0.312 e. The van der Waals surface area contributed by atoms with Crippen LogP contribution in [0.1, 0.15) is 6.42 Å². The summed E-state index contributed by atoms with van der Waals surface area (Å²) in [5.74, 6) is 0.179.